The van der Waals surface area contributed by atoms with Crippen LogP contribution in [0.2, 0.25) is 0 Å². The van der Waals surface area contributed by atoms with Crippen LogP contribution >= 0.6 is 12.4 Å². The minimum Gasteiger partial charge on any atom is -0.423 e. The number of nitrogens with two attached hydrogens (primary N) is 2. The third-order valence-electron chi connectivity index (χ3n) is 5.77. The van der Waals surface area contributed by atoms with Crippen LogP contribution in [0.4, 0.5) is 5.69 Å². The molecule has 0 aliphatic heterocycles. The first-order chi connectivity index (χ1) is 18.1. The van der Waals surface area contributed by atoms with Crippen molar-refractivity contribution in [1.82, 2.24) is 10.6 Å². The summed E-state index contributed by atoms with van der Waals surface area (Å²) in [6.07, 6.45) is 0.886. The molecular formula is C27H33ClN6O5. The van der Waals surface area contributed by atoms with Gasteiger partial charge in [-0.05, 0) is 43.0 Å². The molecule has 0 saturated heterocycles. The highest BCUT2D eigenvalue weighted by molar-refractivity contribution is 5.99. The second-order valence-electron chi connectivity index (χ2n) is 8.90. The summed E-state index contributed by atoms with van der Waals surface area (Å²) in [5.74, 6) is -1.44. The van der Waals surface area contributed by atoms with Crippen molar-refractivity contribution in [2.24, 2.45) is 16.5 Å². The molecule has 2 atom stereocenters. The Hall–Kier alpha value is -4.38. The fourth-order valence-corrected chi connectivity index (χ4v) is 3.98. The lowest BCUT2D eigenvalue weighted by Gasteiger charge is -2.23. The molecule has 3 amide bonds. The number of guanidine groups is 1. The van der Waals surface area contributed by atoms with Crippen molar-refractivity contribution in [3.05, 3.63) is 76.1 Å². The van der Waals surface area contributed by atoms with Gasteiger partial charge in [0, 0.05) is 43.1 Å². The first kappa shape index (κ1) is 30.8. The Morgan fingerprint density at radius 3 is 2.36 bits per heavy atom. The zero-order chi connectivity index (χ0) is 27.7. The highest BCUT2D eigenvalue weighted by atomic mass is 35.5. The molecule has 0 spiro atoms. The van der Waals surface area contributed by atoms with Gasteiger partial charge in [-0.1, -0.05) is 30.3 Å². The molecule has 208 valence electrons. The number of benzene rings is 2. The molecule has 1 heterocycles. The van der Waals surface area contributed by atoms with E-state index in [2.05, 4.69) is 20.9 Å². The zero-order valence-corrected chi connectivity index (χ0v) is 22.5. The summed E-state index contributed by atoms with van der Waals surface area (Å²) in [5.41, 5.74) is 12.6. The van der Waals surface area contributed by atoms with Crippen molar-refractivity contribution >= 4 is 52.7 Å². The molecule has 2 unspecified atom stereocenters. The van der Waals surface area contributed by atoms with E-state index in [1.807, 2.05) is 30.3 Å². The van der Waals surface area contributed by atoms with Crippen LogP contribution in [0.15, 0.2) is 68.8 Å². The molecule has 11 nitrogen and oxygen atoms in total. The molecule has 0 fully saturated rings. The lowest BCUT2D eigenvalue weighted by Crippen LogP contribution is -2.53. The maximum Gasteiger partial charge on any atom is 0.336 e. The van der Waals surface area contributed by atoms with Crippen LogP contribution in [0.5, 0.6) is 0 Å². The van der Waals surface area contributed by atoms with E-state index in [-0.39, 0.29) is 43.7 Å². The van der Waals surface area contributed by atoms with E-state index in [9.17, 15) is 19.2 Å². The summed E-state index contributed by atoms with van der Waals surface area (Å²) in [7, 11) is 0. The van der Waals surface area contributed by atoms with E-state index in [1.54, 1.807) is 25.1 Å². The minimum absolute atomic E-state index is 0. The smallest absolute Gasteiger partial charge is 0.336 e. The Morgan fingerprint density at radius 2 is 1.69 bits per heavy atom. The van der Waals surface area contributed by atoms with Crippen LogP contribution in [0.1, 0.15) is 30.9 Å². The predicted molar refractivity (Wildman–Crippen MR) is 153 cm³/mol. The van der Waals surface area contributed by atoms with Gasteiger partial charge in [-0.25, -0.2) is 4.79 Å². The van der Waals surface area contributed by atoms with Gasteiger partial charge in [0.1, 0.15) is 17.7 Å². The number of hydrogen-bond donors (Lipinski definition) is 5. The number of amides is 3. The largest absolute Gasteiger partial charge is 0.423 e. The third-order valence-corrected chi connectivity index (χ3v) is 5.77. The molecule has 0 bridgehead atoms. The summed E-state index contributed by atoms with van der Waals surface area (Å²) >= 11 is 0. The highest BCUT2D eigenvalue weighted by Crippen LogP contribution is 2.21. The van der Waals surface area contributed by atoms with E-state index >= 15 is 0 Å². The monoisotopic (exact) mass is 556 g/mol. The topological polar surface area (TPSA) is 182 Å². The molecule has 1 aromatic heterocycles. The van der Waals surface area contributed by atoms with Crippen LogP contribution in [0.3, 0.4) is 0 Å². The zero-order valence-electron chi connectivity index (χ0n) is 21.7. The van der Waals surface area contributed by atoms with Crippen molar-refractivity contribution < 1.29 is 18.8 Å². The summed E-state index contributed by atoms with van der Waals surface area (Å²) < 4.78 is 5.26. The lowest BCUT2D eigenvalue weighted by atomic mass is 10.0. The second kappa shape index (κ2) is 14.5. The molecule has 39 heavy (non-hydrogen) atoms. The van der Waals surface area contributed by atoms with Gasteiger partial charge in [-0.2, -0.15) is 0 Å². The number of rotatable bonds is 11. The normalized spacial score (nSPS) is 11.9. The Kier molecular flexibility index (Phi) is 11.5. The molecule has 12 heteroatoms. The van der Waals surface area contributed by atoms with Crippen molar-refractivity contribution in [2.75, 3.05) is 11.9 Å². The van der Waals surface area contributed by atoms with Crippen LogP contribution in [-0.2, 0) is 20.8 Å². The quantitative estimate of drug-likeness (QED) is 0.103. The van der Waals surface area contributed by atoms with Gasteiger partial charge < -0.3 is 31.8 Å². The van der Waals surface area contributed by atoms with Gasteiger partial charge in [-0.3, -0.25) is 19.4 Å². The summed E-state index contributed by atoms with van der Waals surface area (Å²) in [5, 5.41) is 8.92. The molecule has 0 aliphatic rings. The lowest BCUT2D eigenvalue weighted by molar-refractivity contribution is -0.130. The van der Waals surface area contributed by atoms with Crippen molar-refractivity contribution in [1.29, 1.82) is 0 Å². The Morgan fingerprint density at radius 1 is 0.974 bits per heavy atom. The average Bonchev–Trinajstić information content (AvgIpc) is 2.85. The standard InChI is InChI=1S/C27H32N6O5.ClH/c1-16-13-24(35)38-23-15-19(10-11-20(16)23)32-25(36)21(9-6-12-30-27(28)29)33-26(37)22(31-17(2)34)14-18-7-4-3-5-8-18;/h3-5,7-8,10-11,13,15,21-22H,6,9,12,14H2,1-2H3,(H,31,34)(H,32,36)(H,33,37)(H4,28,29,30);1H. The van der Waals surface area contributed by atoms with Gasteiger partial charge in [-0.15, -0.1) is 12.4 Å². The maximum atomic E-state index is 13.3. The second-order valence-corrected chi connectivity index (χ2v) is 8.90. The van der Waals surface area contributed by atoms with E-state index < -0.39 is 29.5 Å². The first-order valence-corrected chi connectivity index (χ1v) is 12.1. The molecule has 0 radical (unpaired) electrons. The van der Waals surface area contributed by atoms with Gasteiger partial charge in [0.05, 0.1) is 0 Å². The molecule has 3 rings (SSSR count). The van der Waals surface area contributed by atoms with Gasteiger partial charge in [0.25, 0.3) is 0 Å². The number of nitrogens with zero attached hydrogens (tertiary/aromatic N) is 1. The molecule has 3 aromatic rings. The molecule has 7 N–H and O–H groups in total. The number of carbonyl (C=O) groups is 3. The number of anilines is 1. The van der Waals surface area contributed by atoms with E-state index in [0.717, 1.165) is 16.5 Å². The number of nitrogens with one attached hydrogen (secondary N) is 3. The van der Waals surface area contributed by atoms with Gasteiger partial charge in [0.15, 0.2) is 5.96 Å². The number of hydrogen-bond acceptors (Lipinski definition) is 6. The number of aliphatic imine (C=N–C) groups is 1. The molecule has 0 saturated carbocycles. The van der Waals surface area contributed by atoms with Crippen LogP contribution in [-0.4, -0.2) is 42.3 Å². The molecular weight excluding hydrogens is 524 g/mol. The van der Waals surface area contributed by atoms with Crippen molar-refractivity contribution in [3.63, 3.8) is 0 Å². The number of carbonyl (C=O) groups excluding carboxylic acids is 3. The number of aryl methyl sites for hydroxylation is 1. The Balaban J connectivity index is 0.00000533. The number of halogens is 1. The van der Waals surface area contributed by atoms with Crippen molar-refractivity contribution in [3.8, 4) is 0 Å². The fraction of sp³-hybridized carbons (Fsp3) is 0.296. The van der Waals surface area contributed by atoms with Gasteiger partial charge in [0.2, 0.25) is 17.7 Å². The van der Waals surface area contributed by atoms with E-state index in [1.165, 1.54) is 13.0 Å². The predicted octanol–water partition coefficient (Wildman–Crippen LogP) is 1.75. The van der Waals surface area contributed by atoms with Crippen molar-refractivity contribution in [2.45, 2.75) is 45.2 Å². The van der Waals surface area contributed by atoms with Crippen LogP contribution in [0, 0.1) is 6.92 Å². The van der Waals surface area contributed by atoms with Crippen LogP contribution < -0.4 is 33.0 Å². The summed E-state index contributed by atoms with van der Waals surface area (Å²) in [6, 6.07) is 13.7. The third kappa shape index (κ3) is 9.46. The Bertz CT molecular complexity index is 1390. The fourth-order valence-electron chi connectivity index (χ4n) is 3.98. The maximum absolute atomic E-state index is 13.3. The molecule has 0 aliphatic carbocycles. The van der Waals surface area contributed by atoms with Crippen LogP contribution in [0.25, 0.3) is 11.0 Å². The highest BCUT2D eigenvalue weighted by Gasteiger charge is 2.26. The first-order valence-electron chi connectivity index (χ1n) is 12.1. The molecule has 2 aromatic carbocycles. The van der Waals surface area contributed by atoms with E-state index in [0.29, 0.717) is 17.7 Å². The summed E-state index contributed by atoms with van der Waals surface area (Å²) in [6.45, 7) is 3.38. The average molecular weight is 557 g/mol. The SMILES string of the molecule is CC(=O)NC(Cc1ccccc1)C(=O)NC(CCCN=C(N)N)C(=O)Nc1ccc2c(C)cc(=O)oc2c1.Cl. The van der Waals surface area contributed by atoms with Gasteiger partial charge >= 0.3 is 5.63 Å². The summed E-state index contributed by atoms with van der Waals surface area (Å²) in [4.78, 5) is 54.0. The van der Waals surface area contributed by atoms with E-state index in [4.69, 9.17) is 15.9 Å². The number of fused-ring (bicyclic) bond motifs is 1. The Labute approximate surface area is 231 Å². The minimum atomic E-state index is -0.955.